The molecule has 0 N–H and O–H groups in total. The first-order valence-corrected chi connectivity index (χ1v) is 4.69. The van der Waals surface area contributed by atoms with E-state index in [0.717, 1.165) is 6.42 Å². The highest BCUT2D eigenvalue weighted by atomic mass is 17.2. The third-order valence-corrected chi connectivity index (χ3v) is 2.98. The van der Waals surface area contributed by atoms with Crippen molar-refractivity contribution in [1.29, 1.82) is 0 Å². The van der Waals surface area contributed by atoms with Crippen LogP contribution < -0.4 is 0 Å². The van der Waals surface area contributed by atoms with Gasteiger partial charge in [-0.25, -0.2) is 9.78 Å². The molecule has 0 amide bonds. The molecule has 0 spiro atoms. The second-order valence-corrected chi connectivity index (χ2v) is 4.20. The Kier molecular flexibility index (Phi) is 1.97. The second-order valence-electron chi connectivity index (χ2n) is 4.20. The van der Waals surface area contributed by atoms with Gasteiger partial charge in [0.25, 0.3) is 0 Å². The molecule has 2 heterocycles. The molecular weight excluding hydrogens is 152 g/mol. The smallest absolute Gasteiger partial charge is 0.115 e. The minimum atomic E-state index is 0.204. The highest BCUT2D eigenvalue weighted by molar-refractivity contribution is 5.16. The van der Waals surface area contributed by atoms with Crippen LogP contribution >= 0.6 is 0 Å². The van der Waals surface area contributed by atoms with Crippen LogP contribution in [0, 0.1) is 11.8 Å². The Morgan fingerprint density at radius 3 is 2.58 bits per heavy atom. The van der Waals surface area contributed by atoms with Gasteiger partial charge in [0.1, 0.15) is 12.2 Å². The Morgan fingerprint density at radius 1 is 1.42 bits per heavy atom. The monoisotopic (exact) mass is 168 g/mol. The molecule has 0 aromatic carbocycles. The molecule has 3 rings (SSSR count). The van der Waals surface area contributed by atoms with Crippen molar-refractivity contribution in [3.05, 3.63) is 11.6 Å². The largest absolute Gasteiger partial charge is 0.228 e. The highest BCUT2D eigenvalue weighted by Crippen LogP contribution is 2.37. The molecule has 1 fully saturated rings. The van der Waals surface area contributed by atoms with Crippen LogP contribution in [0.4, 0.5) is 0 Å². The van der Waals surface area contributed by atoms with E-state index in [1.165, 1.54) is 5.57 Å². The molecule has 2 aliphatic heterocycles. The van der Waals surface area contributed by atoms with E-state index in [1.54, 1.807) is 0 Å². The van der Waals surface area contributed by atoms with E-state index in [9.17, 15) is 0 Å². The van der Waals surface area contributed by atoms with Gasteiger partial charge in [0, 0.05) is 0 Å². The van der Waals surface area contributed by atoms with Gasteiger partial charge in [-0.1, -0.05) is 19.9 Å². The Hall–Kier alpha value is -0.340. The van der Waals surface area contributed by atoms with Crippen LogP contribution in [0.25, 0.3) is 0 Å². The third-order valence-electron chi connectivity index (χ3n) is 2.98. The summed E-state index contributed by atoms with van der Waals surface area (Å²) in [5.41, 5.74) is 1.34. The standard InChI is InChI=1S/C10H16O2/c1-6(2)8-5-9-7(3)4-10(8)12-11-9/h4,6,8-10H,5H2,1-3H3/t8-,9?,10?/m1/s1. The molecular formula is C10H16O2. The molecule has 2 heteroatoms. The van der Waals surface area contributed by atoms with Crippen LogP contribution in [0.15, 0.2) is 11.6 Å². The van der Waals surface area contributed by atoms with Gasteiger partial charge in [0.2, 0.25) is 0 Å². The molecule has 2 unspecified atom stereocenters. The summed E-state index contributed by atoms with van der Waals surface area (Å²) in [6, 6.07) is 0. The van der Waals surface area contributed by atoms with E-state index in [4.69, 9.17) is 9.78 Å². The van der Waals surface area contributed by atoms with Crippen molar-refractivity contribution in [2.24, 2.45) is 11.8 Å². The van der Waals surface area contributed by atoms with Crippen LogP contribution in [0.1, 0.15) is 27.2 Å². The SMILES string of the molecule is CC1=CC2OOC1C[C@@H]2C(C)C. The zero-order valence-electron chi connectivity index (χ0n) is 7.91. The fourth-order valence-corrected chi connectivity index (χ4v) is 2.05. The zero-order valence-corrected chi connectivity index (χ0v) is 7.91. The van der Waals surface area contributed by atoms with E-state index in [-0.39, 0.29) is 12.2 Å². The van der Waals surface area contributed by atoms with E-state index in [0.29, 0.717) is 11.8 Å². The van der Waals surface area contributed by atoms with Crippen molar-refractivity contribution in [3.63, 3.8) is 0 Å². The lowest BCUT2D eigenvalue weighted by molar-refractivity contribution is -0.379. The number of fused-ring (bicyclic) bond motifs is 2. The van der Waals surface area contributed by atoms with Gasteiger partial charge in [-0.2, -0.15) is 0 Å². The molecule has 0 radical (unpaired) electrons. The number of hydrogen-bond acceptors (Lipinski definition) is 2. The molecule has 1 saturated heterocycles. The van der Waals surface area contributed by atoms with Crippen molar-refractivity contribution in [3.8, 4) is 0 Å². The summed E-state index contributed by atoms with van der Waals surface area (Å²) in [5.74, 6) is 1.33. The lowest BCUT2D eigenvalue weighted by atomic mass is 9.78. The zero-order chi connectivity index (χ0) is 8.72. The van der Waals surface area contributed by atoms with Gasteiger partial charge in [-0.05, 0) is 30.8 Å². The summed E-state index contributed by atoms with van der Waals surface area (Å²) in [6.45, 7) is 6.62. The van der Waals surface area contributed by atoms with Gasteiger partial charge in [0.05, 0.1) is 0 Å². The summed E-state index contributed by atoms with van der Waals surface area (Å²) in [7, 11) is 0. The maximum atomic E-state index is 5.24. The van der Waals surface area contributed by atoms with Crippen molar-refractivity contribution in [2.45, 2.75) is 39.4 Å². The maximum Gasteiger partial charge on any atom is 0.115 e. The lowest BCUT2D eigenvalue weighted by Gasteiger charge is -2.40. The fraction of sp³-hybridized carbons (Fsp3) is 0.800. The van der Waals surface area contributed by atoms with E-state index in [2.05, 4.69) is 26.8 Å². The molecule has 0 aromatic heterocycles. The average Bonchev–Trinajstić information content (AvgIpc) is 2.04. The normalized spacial score (nSPS) is 40.3. The van der Waals surface area contributed by atoms with Crippen molar-refractivity contribution >= 4 is 0 Å². The summed E-state index contributed by atoms with van der Waals surface area (Å²) in [4.78, 5) is 10.4. The first-order valence-electron chi connectivity index (χ1n) is 4.69. The summed E-state index contributed by atoms with van der Waals surface area (Å²) < 4.78 is 0. The minimum Gasteiger partial charge on any atom is -0.228 e. The molecule has 2 nitrogen and oxygen atoms in total. The molecule has 3 atom stereocenters. The van der Waals surface area contributed by atoms with Gasteiger partial charge in [-0.3, -0.25) is 0 Å². The summed E-state index contributed by atoms with van der Waals surface area (Å²) in [5, 5.41) is 0. The van der Waals surface area contributed by atoms with Gasteiger partial charge >= 0.3 is 0 Å². The molecule has 2 bridgehead atoms. The van der Waals surface area contributed by atoms with Gasteiger partial charge < -0.3 is 0 Å². The van der Waals surface area contributed by atoms with Crippen LogP contribution in [-0.4, -0.2) is 12.2 Å². The Morgan fingerprint density at radius 2 is 2.17 bits per heavy atom. The first-order chi connectivity index (χ1) is 5.68. The second kappa shape index (κ2) is 2.86. The first kappa shape index (κ1) is 8.27. The van der Waals surface area contributed by atoms with Gasteiger partial charge in [0.15, 0.2) is 0 Å². The number of hydrogen-bond donors (Lipinski definition) is 0. The van der Waals surface area contributed by atoms with Crippen molar-refractivity contribution in [1.82, 2.24) is 0 Å². The predicted octanol–water partition coefficient (Wildman–Crippen LogP) is 2.31. The molecule has 1 aliphatic carbocycles. The Balaban J connectivity index is 2.17. The summed E-state index contributed by atoms with van der Waals surface area (Å²) in [6.07, 6.45) is 3.77. The van der Waals surface area contributed by atoms with E-state index < -0.39 is 0 Å². The minimum absolute atomic E-state index is 0.204. The topological polar surface area (TPSA) is 18.5 Å². The van der Waals surface area contributed by atoms with Crippen molar-refractivity contribution < 1.29 is 9.78 Å². The molecule has 0 aromatic rings. The predicted molar refractivity (Wildman–Crippen MR) is 46.4 cm³/mol. The molecule has 12 heavy (non-hydrogen) atoms. The van der Waals surface area contributed by atoms with Crippen LogP contribution in [-0.2, 0) is 9.78 Å². The average molecular weight is 168 g/mol. The summed E-state index contributed by atoms with van der Waals surface area (Å²) >= 11 is 0. The molecule has 3 aliphatic rings. The Labute approximate surface area is 73.5 Å². The maximum absolute atomic E-state index is 5.24. The fourth-order valence-electron chi connectivity index (χ4n) is 2.05. The quantitative estimate of drug-likeness (QED) is 0.442. The van der Waals surface area contributed by atoms with E-state index >= 15 is 0 Å². The van der Waals surface area contributed by atoms with Crippen LogP contribution in [0.2, 0.25) is 0 Å². The molecule has 0 saturated carbocycles. The molecule has 68 valence electrons. The Bertz CT molecular complexity index is 208. The van der Waals surface area contributed by atoms with Gasteiger partial charge in [-0.15, -0.1) is 0 Å². The highest BCUT2D eigenvalue weighted by Gasteiger charge is 2.38. The lowest BCUT2D eigenvalue weighted by Crippen LogP contribution is -2.42. The third kappa shape index (κ3) is 1.19. The van der Waals surface area contributed by atoms with Crippen LogP contribution in [0.3, 0.4) is 0 Å². The van der Waals surface area contributed by atoms with E-state index in [1.807, 2.05) is 0 Å². The van der Waals surface area contributed by atoms with Crippen molar-refractivity contribution in [2.75, 3.05) is 0 Å². The number of rotatable bonds is 1. The van der Waals surface area contributed by atoms with Crippen LogP contribution in [0.5, 0.6) is 0 Å².